The van der Waals surface area contributed by atoms with Crippen LogP contribution in [0.5, 0.6) is 0 Å². The summed E-state index contributed by atoms with van der Waals surface area (Å²) in [4.78, 5) is 12.6. The Morgan fingerprint density at radius 2 is 2.12 bits per heavy atom. The summed E-state index contributed by atoms with van der Waals surface area (Å²) in [5.74, 6) is 0.760. The zero-order valence-corrected chi connectivity index (χ0v) is 8.87. The van der Waals surface area contributed by atoms with E-state index in [1.165, 1.54) is 0 Å². The third-order valence-electron chi connectivity index (χ3n) is 2.22. The van der Waals surface area contributed by atoms with Crippen molar-refractivity contribution >= 4 is 0 Å². The van der Waals surface area contributed by atoms with Gasteiger partial charge in [-0.25, -0.2) is 9.97 Å². The lowest BCUT2D eigenvalue weighted by atomic mass is 10.2. The number of hydrogen-bond acceptors (Lipinski definition) is 4. The van der Waals surface area contributed by atoms with Crippen LogP contribution in [0.15, 0.2) is 36.8 Å². The first-order valence-corrected chi connectivity index (χ1v) is 5.23. The van der Waals surface area contributed by atoms with Crippen molar-refractivity contribution in [1.82, 2.24) is 15.0 Å². The minimum Gasteiger partial charge on any atom is -0.396 e. The predicted octanol–water partition coefficient (Wildman–Crippen LogP) is 1.46. The fourth-order valence-electron chi connectivity index (χ4n) is 1.43. The van der Waals surface area contributed by atoms with E-state index in [1.54, 1.807) is 18.6 Å². The Morgan fingerprint density at radius 1 is 1.19 bits per heavy atom. The zero-order valence-electron chi connectivity index (χ0n) is 8.87. The maximum Gasteiger partial charge on any atom is 0.129 e. The second-order valence-electron chi connectivity index (χ2n) is 3.43. The van der Waals surface area contributed by atoms with E-state index in [2.05, 4.69) is 15.0 Å². The van der Waals surface area contributed by atoms with Crippen LogP contribution in [0.3, 0.4) is 0 Å². The number of pyridine rings is 1. The molecule has 2 aromatic heterocycles. The first-order valence-electron chi connectivity index (χ1n) is 5.23. The van der Waals surface area contributed by atoms with Gasteiger partial charge in [-0.3, -0.25) is 4.98 Å². The van der Waals surface area contributed by atoms with Crippen LogP contribution in [0.2, 0.25) is 0 Å². The number of aryl methyl sites for hydroxylation is 1. The molecule has 0 aliphatic heterocycles. The van der Waals surface area contributed by atoms with E-state index in [0.29, 0.717) is 12.8 Å². The number of aliphatic hydroxyl groups excluding tert-OH is 1. The summed E-state index contributed by atoms with van der Waals surface area (Å²) in [6, 6.07) is 5.70. The molecule has 0 atom stereocenters. The van der Waals surface area contributed by atoms with Gasteiger partial charge in [0.1, 0.15) is 5.82 Å². The lowest BCUT2D eigenvalue weighted by Crippen LogP contribution is -1.98. The topological polar surface area (TPSA) is 58.9 Å². The van der Waals surface area contributed by atoms with E-state index in [4.69, 9.17) is 5.11 Å². The molecule has 0 radical (unpaired) electrons. The van der Waals surface area contributed by atoms with Gasteiger partial charge in [-0.15, -0.1) is 0 Å². The number of hydrogen-bond donors (Lipinski definition) is 1. The molecule has 1 N–H and O–H groups in total. The summed E-state index contributed by atoms with van der Waals surface area (Å²) in [5, 5.41) is 8.75. The molecule has 4 nitrogen and oxygen atoms in total. The van der Waals surface area contributed by atoms with Gasteiger partial charge < -0.3 is 5.11 Å². The average Bonchev–Trinajstić information content (AvgIpc) is 2.38. The first-order chi connectivity index (χ1) is 7.90. The minimum absolute atomic E-state index is 0.167. The van der Waals surface area contributed by atoms with E-state index >= 15 is 0 Å². The van der Waals surface area contributed by atoms with Gasteiger partial charge in [0.2, 0.25) is 0 Å². The summed E-state index contributed by atoms with van der Waals surface area (Å²) in [5.41, 5.74) is 1.85. The van der Waals surface area contributed by atoms with Crippen molar-refractivity contribution in [2.45, 2.75) is 12.8 Å². The third kappa shape index (κ3) is 2.61. The van der Waals surface area contributed by atoms with E-state index in [9.17, 15) is 0 Å². The highest BCUT2D eigenvalue weighted by atomic mass is 16.2. The molecule has 2 heterocycles. The Bertz CT molecular complexity index is 445. The van der Waals surface area contributed by atoms with Gasteiger partial charge in [0.25, 0.3) is 0 Å². The van der Waals surface area contributed by atoms with Crippen LogP contribution < -0.4 is 0 Å². The largest absolute Gasteiger partial charge is 0.396 e. The summed E-state index contributed by atoms with van der Waals surface area (Å²) in [7, 11) is 0. The molecule has 0 saturated heterocycles. The molecule has 0 amide bonds. The lowest BCUT2D eigenvalue weighted by molar-refractivity contribution is 0.287. The third-order valence-corrected chi connectivity index (χ3v) is 2.22. The van der Waals surface area contributed by atoms with Gasteiger partial charge in [-0.1, -0.05) is 0 Å². The van der Waals surface area contributed by atoms with Crippen LogP contribution in [-0.4, -0.2) is 26.7 Å². The maximum absolute atomic E-state index is 8.75. The highest BCUT2D eigenvalue weighted by molar-refractivity contribution is 5.56. The fourth-order valence-corrected chi connectivity index (χ4v) is 1.43. The average molecular weight is 215 g/mol. The Labute approximate surface area is 94.0 Å². The zero-order chi connectivity index (χ0) is 11.2. The first kappa shape index (κ1) is 10.7. The summed E-state index contributed by atoms with van der Waals surface area (Å²) in [6.45, 7) is 0.167. The van der Waals surface area contributed by atoms with Crippen molar-refractivity contribution in [3.8, 4) is 11.3 Å². The van der Waals surface area contributed by atoms with E-state index < -0.39 is 0 Å². The normalized spacial score (nSPS) is 10.3. The van der Waals surface area contributed by atoms with Crippen LogP contribution in [0.1, 0.15) is 12.2 Å². The van der Waals surface area contributed by atoms with Crippen molar-refractivity contribution in [2.75, 3.05) is 6.61 Å². The van der Waals surface area contributed by atoms with Gasteiger partial charge >= 0.3 is 0 Å². The number of aromatic nitrogens is 3. The summed E-state index contributed by atoms with van der Waals surface area (Å²) < 4.78 is 0. The number of aliphatic hydroxyl groups is 1. The molecule has 82 valence electrons. The smallest absolute Gasteiger partial charge is 0.129 e. The molecule has 0 unspecified atom stereocenters. The van der Waals surface area contributed by atoms with Crippen molar-refractivity contribution in [3.05, 3.63) is 42.6 Å². The highest BCUT2D eigenvalue weighted by Crippen LogP contribution is 2.14. The SMILES string of the molecule is OCCCc1nccc(-c2cccnc2)n1. The van der Waals surface area contributed by atoms with Gasteiger partial charge in [0, 0.05) is 37.2 Å². The van der Waals surface area contributed by atoms with Crippen molar-refractivity contribution in [1.29, 1.82) is 0 Å². The molecular formula is C12H13N3O. The van der Waals surface area contributed by atoms with Crippen LogP contribution in [0.25, 0.3) is 11.3 Å². The number of nitrogens with zero attached hydrogens (tertiary/aromatic N) is 3. The molecule has 0 bridgehead atoms. The lowest BCUT2D eigenvalue weighted by Gasteiger charge is -2.02. The van der Waals surface area contributed by atoms with Crippen molar-refractivity contribution < 1.29 is 5.11 Å². The molecule has 0 aliphatic carbocycles. The van der Waals surface area contributed by atoms with Crippen molar-refractivity contribution in [3.63, 3.8) is 0 Å². The van der Waals surface area contributed by atoms with Gasteiger partial charge in [-0.2, -0.15) is 0 Å². The Morgan fingerprint density at radius 3 is 2.88 bits per heavy atom. The van der Waals surface area contributed by atoms with Gasteiger partial charge in [0.05, 0.1) is 5.69 Å². The molecule has 0 fully saturated rings. The Kier molecular flexibility index (Phi) is 3.56. The Hall–Kier alpha value is -1.81. The van der Waals surface area contributed by atoms with E-state index in [0.717, 1.165) is 17.1 Å². The number of rotatable bonds is 4. The molecule has 0 aromatic carbocycles. The summed E-state index contributed by atoms with van der Waals surface area (Å²) >= 11 is 0. The molecular weight excluding hydrogens is 202 g/mol. The maximum atomic E-state index is 8.75. The minimum atomic E-state index is 0.167. The van der Waals surface area contributed by atoms with Gasteiger partial charge in [0.15, 0.2) is 0 Å². The molecule has 0 saturated carbocycles. The molecule has 16 heavy (non-hydrogen) atoms. The molecule has 2 aromatic rings. The molecule has 2 rings (SSSR count). The van der Waals surface area contributed by atoms with E-state index in [1.807, 2.05) is 18.2 Å². The fraction of sp³-hybridized carbons (Fsp3) is 0.250. The van der Waals surface area contributed by atoms with Gasteiger partial charge in [-0.05, 0) is 24.6 Å². The molecule has 0 spiro atoms. The Balaban J connectivity index is 2.22. The molecule has 4 heteroatoms. The summed E-state index contributed by atoms with van der Waals surface area (Å²) in [6.07, 6.45) is 6.64. The highest BCUT2D eigenvalue weighted by Gasteiger charge is 2.01. The standard InChI is InChI=1S/C12H13N3O/c16-8-2-4-12-14-7-5-11(15-12)10-3-1-6-13-9-10/h1,3,5-7,9,16H,2,4,8H2. The monoisotopic (exact) mass is 215 g/mol. The predicted molar refractivity (Wildman–Crippen MR) is 60.7 cm³/mol. The second-order valence-corrected chi connectivity index (χ2v) is 3.43. The van der Waals surface area contributed by atoms with E-state index in [-0.39, 0.29) is 6.61 Å². The molecule has 0 aliphatic rings. The van der Waals surface area contributed by atoms with Crippen molar-refractivity contribution in [2.24, 2.45) is 0 Å². The second kappa shape index (κ2) is 5.32. The quantitative estimate of drug-likeness (QED) is 0.838. The van der Waals surface area contributed by atoms with Crippen LogP contribution >= 0.6 is 0 Å². The van der Waals surface area contributed by atoms with Crippen LogP contribution in [-0.2, 0) is 6.42 Å². The van der Waals surface area contributed by atoms with Crippen LogP contribution in [0, 0.1) is 0 Å². The van der Waals surface area contributed by atoms with Crippen LogP contribution in [0.4, 0.5) is 0 Å².